The Balaban J connectivity index is 0.00000324. The second-order valence-corrected chi connectivity index (χ2v) is 4.11. The third kappa shape index (κ3) is 5.78. The fraction of sp³-hybridized carbons (Fsp3) is 0.417. The first-order valence-electron chi connectivity index (χ1n) is 5.51. The van der Waals surface area contributed by atoms with Crippen LogP contribution in [-0.4, -0.2) is 40.0 Å². The highest BCUT2D eigenvalue weighted by atomic mass is 35.5. The number of carbonyl (C=O) groups excluding carboxylic acids is 1. The van der Waals surface area contributed by atoms with Crippen LogP contribution in [0.5, 0.6) is 11.5 Å². The van der Waals surface area contributed by atoms with Crippen molar-refractivity contribution in [2.75, 3.05) is 6.61 Å². The molecule has 19 heavy (non-hydrogen) atoms. The van der Waals surface area contributed by atoms with Crippen LogP contribution >= 0.6 is 12.4 Å². The quantitative estimate of drug-likeness (QED) is 0.459. The first-order chi connectivity index (χ1) is 8.40. The normalized spacial score (nSPS) is 13.2. The average Bonchev–Trinajstić information content (AvgIpc) is 2.30. The standard InChI is InChI=1S/C12H17NO5.ClH/c1-7(14)6-18-12(17)9(13)4-8-2-3-10(15)11(16)5-8;/h2-3,5,7,9,14-16H,4,6,13H2,1H3;1H. The number of aliphatic hydroxyl groups excluding tert-OH is 1. The molecule has 0 saturated carbocycles. The van der Waals surface area contributed by atoms with Gasteiger partial charge < -0.3 is 25.8 Å². The predicted molar refractivity (Wildman–Crippen MR) is 71.3 cm³/mol. The molecule has 6 nitrogen and oxygen atoms in total. The molecule has 0 aliphatic heterocycles. The summed E-state index contributed by atoms with van der Waals surface area (Å²) in [4.78, 5) is 11.4. The number of ether oxygens (including phenoxy) is 1. The van der Waals surface area contributed by atoms with Gasteiger partial charge in [0.2, 0.25) is 0 Å². The Labute approximate surface area is 117 Å². The Kier molecular flexibility index (Phi) is 7.21. The van der Waals surface area contributed by atoms with Gasteiger partial charge in [0.05, 0.1) is 6.10 Å². The topological polar surface area (TPSA) is 113 Å². The minimum Gasteiger partial charge on any atom is -0.504 e. The summed E-state index contributed by atoms with van der Waals surface area (Å²) >= 11 is 0. The lowest BCUT2D eigenvalue weighted by Gasteiger charge is -2.13. The van der Waals surface area contributed by atoms with E-state index < -0.39 is 18.1 Å². The number of nitrogens with two attached hydrogens (primary N) is 1. The monoisotopic (exact) mass is 291 g/mol. The van der Waals surface area contributed by atoms with E-state index in [1.165, 1.54) is 19.1 Å². The van der Waals surface area contributed by atoms with Gasteiger partial charge in [-0.25, -0.2) is 0 Å². The van der Waals surface area contributed by atoms with Crippen LogP contribution in [0.25, 0.3) is 0 Å². The van der Waals surface area contributed by atoms with Crippen molar-refractivity contribution in [3.05, 3.63) is 23.8 Å². The van der Waals surface area contributed by atoms with E-state index in [0.717, 1.165) is 0 Å². The van der Waals surface area contributed by atoms with Gasteiger partial charge in [-0.05, 0) is 31.0 Å². The molecule has 7 heteroatoms. The smallest absolute Gasteiger partial charge is 0.323 e. The maximum Gasteiger partial charge on any atom is 0.323 e. The van der Waals surface area contributed by atoms with Crippen LogP contribution < -0.4 is 5.73 Å². The van der Waals surface area contributed by atoms with Crippen LogP contribution in [0.3, 0.4) is 0 Å². The molecule has 0 fully saturated rings. The molecule has 1 aromatic carbocycles. The number of rotatable bonds is 5. The first-order valence-corrected chi connectivity index (χ1v) is 5.51. The zero-order valence-electron chi connectivity index (χ0n) is 10.4. The van der Waals surface area contributed by atoms with Gasteiger partial charge in [0, 0.05) is 0 Å². The maximum absolute atomic E-state index is 11.4. The molecular formula is C12H18ClNO5. The molecule has 5 N–H and O–H groups in total. The third-order valence-corrected chi connectivity index (χ3v) is 2.26. The summed E-state index contributed by atoms with van der Waals surface area (Å²) in [6, 6.07) is 3.32. The summed E-state index contributed by atoms with van der Waals surface area (Å²) in [6.07, 6.45) is -0.564. The average molecular weight is 292 g/mol. The number of esters is 1. The summed E-state index contributed by atoms with van der Waals surface area (Å²) in [5, 5.41) is 27.4. The van der Waals surface area contributed by atoms with Crippen molar-refractivity contribution in [1.29, 1.82) is 0 Å². The van der Waals surface area contributed by atoms with Gasteiger partial charge in [-0.1, -0.05) is 6.07 Å². The van der Waals surface area contributed by atoms with Gasteiger partial charge in [0.1, 0.15) is 12.6 Å². The molecule has 0 saturated heterocycles. The zero-order valence-corrected chi connectivity index (χ0v) is 11.3. The molecule has 0 amide bonds. The number of phenolic OH excluding ortho intramolecular Hbond substituents is 2. The van der Waals surface area contributed by atoms with E-state index >= 15 is 0 Å². The molecule has 0 radical (unpaired) electrons. The van der Waals surface area contributed by atoms with Crippen LogP contribution in [0.4, 0.5) is 0 Å². The van der Waals surface area contributed by atoms with E-state index in [4.69, 9.17) is 20.7 Å². The lowest BCUT2D eigenvalue weighted by Crippen LogP contribution is -2.35. The molecular weight excluding hydrogens is 274 g/mol. The molecule has 0 aliphatic carbocycles. The van der Waals surface area contributed by atoms with E-state index in [1.807, 2.05) is 0 Å². The summed E-state index contributed by atoms with van der Waals surface area (Å²) < 4.78 is 4.77. The molecule has 0 aliphatic rings. The van der Waals surface area contributed by atoms with Gasteiger partial charge in [0.15, 0.2) is 11.5 Å². The second kappa shape index (κ2) is 7.83. The number of carbonyl (C=O) groups is 1. The Bertz CT molecular complexity index is 425. The molecule has 0 spiro atoms. The lowest BCUT2D eigenvalue weighted by molar-refractivity contribution is -0.147. The molecule has 2 atom stereocenters. The van der Waals surface area contributed by atoms with Crippen molar-refractivity contribution >= 4 is 18.4 Å². The van der Waals surface area contributed by atoms with Crippen LogP contribution in [0.2, 0.25) is 0 Å². The lowest BCUT2D eigenvalue weighted by atomic mass is 10.1. The number of hydrogen-bond acceptors (Lipinski definition) is 6. The van der Waals surface area contributed by atoms with Crippen LogP contribution in [0.1, 0.15) is 12.5 Å². The highest BCUT2D eigenvalue weighted by molar-refractivity contribution is 5.85. The van der Waals surface area contributed by atoms with Crippen molar-refractivity contribution in [2.45, 2.75) is 25.5 Å². The Morgan fingerprint density at radius 2 is 2.00 bits per heavy atom. The van der Waals surface area contributed by atoms with Crippen molar-refractivity contribution < 1.29 is 24.9 Å². The Hall–Kier alpha value is -1.50. The highest BCUT2D eigenvalue weighted by Gasteiger charge is 2.17. The molecule has 1 rings (SSSR count). The summed E-state index contributed by atoms with van der Waals surface area (Å²) in [5.74, 6) is -1.12. The van der Waals surface area contributed by atoms with Gasteiger partial charge in [-0.3, -0.25) is 4.79 Å². The van der Waals surface area contributed by atoms with Crippen molar-refractivity contribution in [1.82, 2.24) is 0 Å². The number of phenols is 2. The van der Waals surface area contributed by atoms with Crippen molar-refractivity contribution in [3.63, 3.8) is 0 Å². The largest absolute Gasteiger partial charge is 0.504 e. The van der Waals surface area contributed by atoms with Crippen LogP contribution in [-0.2, 0) is 16.0 Å². The molecule has 108 valence electrons. The Morgan fingerprint density at radius 1 is 1.37 bits per heavy atom. The molecule has 0 heterocycles. The fourth-order valence-electron chi connectivity index (χ4n) is 1.34. The van der Waals surface area contributed by atoms with E-state index in [1.54, 1.807) is 6.07 Å². The van der Waals surface area contributed by atoms with Gasteiger partial charge in [0.25, 0.3) is 0 Å². The number of benzene rings is 1. The molecule has 2 unspecified atom stereocenters. The van der Waals surface area contributed by atoms with E-state index in [0.29, 0.717) is 5.56 Å². The number of hydrogen-bond donors (Lipinski definition) is 4. The third-order valence-electron chi connectivity index (χ3n) is 2.26. The SMILES string of the molecule is CC(O)COC(=O)C(N)Cc1ccc(O)c(O)c1.Cl. The van der Waals surface area contributed by atoms with E-state index in [9.17, 15) is 9.90 Å². The minimum absolute atomic E-state index is 0. The minimum atomic E-state index is -0.882. The van der Waals surface area contributed by atoms with Crippen LogP contribution in [0, 0.1) is 0 Å². The first kappa shape index (κ1) is 17.5. The van der Waals surface area contributed by atoms with Crippen molar-refractivity contribution in [2.24, 2.45) is 5.73 Å². The van der Waals surface area contributed by atoms with E-state index in [-0.39, 0.29) is 36.9 Å². The van der Waals surface area contributed by atoms with Gasteiger partial charge in [-0.2, -0.15) is 0 Å². The predicted octanol–water partition coefficient (Wildman–Crippen LogP) is 0.313. The number of aliphatic hydroxyl groups is 1. The summed E-state index contributed by atoms with van der Waals surface area (Å²) in [7, 11) is 0. The maximum atomic E-state index is 11.4. The molecule has 0 aromatic heterocycles. The highest BCUT2D eigenvalue weighted by Crippen LogP contribution is 2.25. The second-order valence-electron chi connectivity index (χ2n) is 4.11. The molecule has 1 aromatic rings. The summed E-state index contributed by atoms with van der Waals surface area (Å²) in [5.41, 5.74) is 6.23. The Morgan fingerprint density at radius 3 is 2.53 bits per heavy atom. The zero-order chi connectivity index (χ0) is 13.7. The fourth-order valence-corrected chi connectivity index (χ4v) is 1.34. The van der Waals surface area contributed by atoms with Gasteiger partial charge >= 0.3 is 5.97 Å². The number of aromatic hydroxyl groups is 2. The molecule has 0 bridgehead atoms. The number of halogens is 1. The van der Waals surface area contributed by atoms with Gasteiger partial charge in [-0.15, -0.1) is 12.4 Å². The van der Waals surface area contributed by atoms with Crippen molar-refractivity contribution in [3.8, 4) is 11.5 Å². The summed E-state index contributed by atoms with van der Waals surface area (Å²) in [6.45, 7) is 1.39. The van der Waals surface area contributed by atoms with Crippen LogP contribution in [0.15, 0.2) is 18.2 Å². The van der Waals surface area contributed by atoms with E-state index in [2.05, 4.69) is 0 Å².